The highest BCUT2D eigenvalue weighted by molar-refractivity contribution is 4.91. The molecule has 0 heterocycles. The van der Waals surface area contributed by atoms with Crippen LogP contribution < -0.4 is 0 Å². The summed E-state index contributed by atoms with van der Waals surface area (Å²) in [5.74, 6) is 0. The summed E-state index contributed by atoms with van der Waals surface area (Å²) in [6.45, 7) is 5.65. The molecular weight excluding hydrogens is 96.1 g/mol. The number of rotatable bonds is 0. The second-order valence-electron chi connectivity index (χ2n) is 2.57. The molecule has 0 aliphatic heterocycles. The van der Waals surface area contributed by atoms with Crippen LogP contribution in [-0.4, -0.2) is 0 Å². The largest absolute Gasteiger partial charge is 0.0702 e. The lowest BCUT2D eigenvalue weighted by Gasteiger charge is -1.93. The Kier molecular flexibility index (Phi) is 2.13. The van der Waals surface area contributed by atoms with Crippen molar-refractivity contribution in [2.24, 2.45) is 0 Å². The minimum Gasteiger partial charge on any atom is -0.0702 e. The van der Waals surface area contributed by atoms with Crippen LogP contribution >= 0.6 is 0 Å². The van der Waals surface area contributed by atoms with Crippen molar-refractivity contribution >= 4 is 0 Å². The van der Waals surface area contributed by atoms with Gasteiger partial charge in [-0.3, -0.25) is 0 Å². The molecule has 0 unspecified atom stereocenters. The average molecular weight is 109 g/mol. The summed E-state index contributed by atoms with van der Waals surface area (Å²) in [5.41, 5.74) is 1.22. The Morgan fingerprint density at radius 2 is 1.38 bits per heavy atom. The molecule has 0 N–H and O–H groups in total. The first-order valence-corrected chi connectivity index (χ1v) is 3.50. The highest BCUT2D eigenvalue weighted by atomic mass is 14.1. The van der Waals surface area contributed by atoms with E-state index in [1.54, 1.807) is 0 Å². The van der Waals surface area contributed by atoms with Crippen LogP contribution in [0.3, 0.4) is 0 Å². The standard InChI is InChI=1S/C8H13/c1-8-6-4-2-3-5-7-8/h1H,2-7H2. The van der Waals surface area contributed by atoms with Crippen LogP contribution in [0.2, 0.25) is 0 Å². The summed E-state index contributed by atoms with van der Waals surface area (Å²) >= 11 is 0. The molecule has 1 aliphatic carbocycles. The van der Waals surface area contributed by atoms with Crippen LogP contribution in [-0.2, 0) is 0 Å². The van der Waals surface area contributed by atoms with Gasteiger partial charge in [0.2, 0.25) is 0 Å². The lowest BCUT2D eigenvalue weighted by molar-refractivity contribution is 0.702. The molecule has 1 fully saturated rings. The lowest BCUT2D eigenvalue weighted by Crippen LogP contribution is -1.74. The van der Waals surface area contributed by atoms with Gasteiger partial charge in [0.15, 0.2) is 0 Å². The fourth-order valence-corrected chi connectivity index (χ4v) is 1.18. The van der Waals surface area contributed by atoms with E-state index in [9.17, 15) is 0 Å². The summed E-state index contributed by atoms with van der Waals surface area (Å²) in [5, 5.41) is 0. The molecule has 45 valence electrons. The first-order chi connectivity index (χ1) is 3.89. The van der Waals surface area contributed by atoms with Crippen molar-refractivity contribution in [2.45, 2.75) is 38.5 Å². The van der Waals surface area contributed by atoms with Crippen LogP contribution in [0, 0.1) is 6.58 Å². The van der Waals surface area contributed by atoms with Gasteiger partial charge in [-0.25, -0.2) is 0 Å². The highest BCUT2D eigenvalue weighted by Crippen LogP contribution is 2.19. The highest BCUT2D eigenvalue weighted by Gasteiger charge is 2.00. The molecule has 8 heavy (non-hydrogen) atoms. The van der Waals surface area contributed by atoms with E-state index < -0.39 is 0 Å². The smallest absolute Gasteiger partial charge is 0.0317 e. The average Bonchev–Trinajstić information content (AvgIpc) is 1.94. The van der Waals surface area contributed by atoms with Crippen LogP contribution in [0.5, 0.6) is 0 Å². The summed E-state index contributed by atoms with van der Waals surface area (Å²) in [4.78, 5) is 0. The fraction of sp³-hybridized carbons (Fsp3) is 0.750. The molecule has 0 saturated heterocycles. The Labute approximate surface area is 51.6 Å². The van der Waals surface area contributed by atoms with E-state index in [1.807, 2.05) is 0 Å². The van der Waals surface area contributed by atoms with Crippen molar-refractivity contribution in [3.8, 4) is 0 Å². The topological polar surface area (TPSA) is 0 Å². The number of hydrogen-bond donors (Lipinski definition) is 0. The van der Waals surface area contributed by atoms with E-state index in [0.717, 1.165) is 0 Å². The van der Waals surface area contributed by atoms with Gasteiger partial charge in [0.25, 0.3) is 0 Å². The van der Waals surface area contributed by atoms with Gasteiger partial charge in [0, 0.05) is 0 Å². The Morgan fingerprint density at radius 1 is 0.875 bits per heavy atom. The Balaban J connectivity index is 2.27. The van der Waals surface area contributed by atoms with Gasteiger partial charge < -0.3 is 0 Å². The van der Waals surface area contributed by atoms with Crippen LogP contribution in [0.25, 0.3) is 0 Å². The zero-order valence-corrected chi connectivity index (χ0v) is 5.32. The van der Waals surface area contributed by atoms with Crippen molar-refractivity contribution in [1.29, 1.82) is 0 Å². The second kappa shape index (κ2) is 2.91. The van der Waals surface area contributed by atoms with Gasteiger partial charge in [0.1, 0.15) is 0 Å². The summed E-state index contributed by atoms with van der Waals surface area (Å²) in [6, 6.07) is 0. The summed E-state index contributed by atoms with van der Waals surface area (Å²) < 4.78 is 0. The fourth-order valence-electron chi connectivity index (χ4n) is 1.18. The molecule has 0 aromatic heterocycles. The molecule has 0 bridgehead atoms. The number of allylic oxidation sites excluding steroid dienone is 1. The van der Waals surface area contributed by atoms with E-state index in [2.05, 4.69) is 0 Å². The van der Waals surface area contributed by atoms with Crippen molar-refractivity contribution in [2.75, 3.05) is 0 Å². The third kappa shape index (κ3) is 1.69. The predicted octanol–water partition coefficient (Wildman–Crippen LogP) is 2.70. The van der Waals surface area contributed by atoms with Gasteiger partial charge >= 0.3 is 0 Å². The summed E-state index contributed by atoms with van der Waals surface area (Å²) in [6.07, 6.45) is 7.79. The van der Waals surface area contributed by atoms with E-state index in [1.165, 1.54) is 44.1 Å². The first kappa shape index (κ1) is 5.87. The Bertz CT molecular complexity index is 72.0. The van der Waals surface area contributed by atoms with Gasteiger partial charge in [-0.2, -0.15) is 0 Å². The molecule has 0 aromatic carbocycles. The van der Waals surface area contributed by atoms with E-state index in [-0.39, 0.29) is 0 Å². The van der Waals surface area contributed by atoms with Gasteiger partial charge in [-0.15, -0.1) is 0 Å². The van der Waals surface area contributed by atoms with E-state index in [4.69, 9.17) is 6.58 Å². The maximum Gasteiger partial charge on any atom is -0.0317 e. The van der Waals surface area contributed by atoms with Gasteiger partial charge in [-0.1, -0.05) is 25.0 Å². The molecule has 0 aromatic rings. The zero-order valence-electron chi connectivity index (χ0n) is 5.32. The third-order valence-electron chi connectivity index (χ3n) is 1.75. The minimum absolute atomic E-state index is 1.18. The van der Waals surface area contributed by atoms with Gasteiger partial charge in [-0.05, 0) is 25.7 Å². The van der Waals surface area contributed by atoms with Crippen LogP contribution in [0.1, 0.15) is 38.5 Å². The maximum atomic E-state index is 5.65. The minimum atomic E-state index is 1.18. The molecule has 0 nitrogen and oxygen atoms in total. The second-order valence-corrected chi connectivity index (χ2v) is 2.57. The predicted molar refractivity (Wildman–Crippen MR) is 35.5 cm³/mol. The molecule has 0 atom stereocenters. The van der Waals surface area contributed by atoms with Crippen molar-refractivity contribution in [3.05, 3.63) is 12.2 Å². The molecule has 1 saturated carbocycles. The quantitative estimate of drug-likeness (QED) is 0.419. The van der Waals surface area contributed by atoms with Crippen LogP contribution in [0.15, 0.2) is 5.57 Å². The van der Waals surface area contributed by atoms with Crippen molar-refractivity contribution < 1.29 is 0 Å². The Morgan fingerprint density at radius 3 is 1.88 bits per heavy atom. The van der Waals surface area contributed by atoms with Crippen LogP contribution in [0.4, 0.5) is 0 Å². The monoisotopic (exact) mass is 109 g/mol. The molecule has 1 radical (unpaired) electrons. The lowest BCUT2D eigenvalue weighted by atomic mass is 10.1. The molecular formula is C8H13. The molecule has 1 rings (SSSR count). The maximum absolute atomic E-state index is 5.65. The molecule has 0 spiro atoms. The normalized spacial score (nSPS) is 22.8. The van der Waals surface area contributed by atoms with Gasteiger partial charge in [0.05, 0.1) is 0 Å². The zero-order chi connectivity index (χ0) is 5.82. The van der Waals surface area contributed by atoms with Crippen molar-refractivity contribution in [1.82, 2.24) is 0 Å². The Hall–Kier alpha value is -0.260. The number of hydrogen-bond acceptors (Lipinski definition) is 0. The molecule has 1 aliphatic rings. The van der Waals surface area contributed by atoms with E-state index >= 15 is 0 Å². The molecule has 0 amide bonds. The first-order valence-electron chi connectivity index (χ1n) is 3.50. The SMILES string of the molecule is [CH]=C1CCCCCC1. The summed E-state index contributed by atoms with van der Waals surface area (Å²) in [7, 11) is 0. The van der Waals surface area contributed by atoms with Crippen molar-refractivity contribution in [3.63, 3.8) is 0 Å². The molecule has 0 heteroatoms. The third-order valence-corrected chi connectivity index (χ3v) is 1.75. The van der Waals surface area contributed by atoms with E-state index in [0.29, 0.717) is 0 Å².